The predicted octanol–water partition coefficient (Wildman–Crippen LogP) is 1.51. The van der Waals surface area contributed by atoms with E-state index >= 15 is 0 Å². The fourth-order valence-electron chi connectivity index (χ4n) is 2.58. The Labute approximate surface area is 121 Å². The average Bonchev–Trinajstić information content (AvgIpc) is 2.87. The number of hydrogen-bond donors (Lipinski definition) is 2. The maximum atomic E-state index is 11.9. The summed E-state index contributed by atoms with van der Waals surface area (Å²) in [6.45, 7) is 0. The summed E-state index contributed by atoms with van der Waals surface area (Å²) in [6.07, 6.45) is 1.71. The van der Waals surface area contributed by atoms with Gasteiger partial charge in [0.15, 0.2) is 0 Å². The zero-order valence-electron chi connectivity index (χ0n) is 11.3. The molecule has 0 aliphatic heterocycles. The minimum atomic E-state index is -0.828. The van der Waals surface area contributed by atoms with Gasteiger partial charge in [0.2, 0.25) is 5.91 Å². The van der Waals surface area contributed by atoms with Gasteiger partial charge in [-0.2, -0.15) is 0 Å². The molecule has 0 bridgehead atoms. The Hall–Kier alpha value is -2.44. The van der Waals surface area contributed by atoms with Gasteiger partial charge in [0, 0.05) is 18.2 Å². The minimum absolute atomic E-state index is 0.0490. The van der Waals surface area contributed by atoms with Gasteiger partial charge in [-0.05, 0) is 24.8 Å². The molecule has 0 saturated heterocycles. The molecule has 2 rings (SSSR count). The second-order valence-corrected chi connectivity index (χ2v) is 5.22. The van der Waals surface area contributed by atoms with Crippen molar-refractivity contribution in [1.29, 1.82) is 0 Å². The number of benzene rings is 1. The third kappa shape index (κ3) is 4.01. The first-order valence-electron chi connectivity index (χ1n) is 6.71. The molecule has 0 aromatic heterocycles. The van der Waals surface area contributed by atoms with E-state index in [0.29, 0.717) is 24.8 Å². The summed E-state index contributed by atoms with van der Waals surface area (Å²) in [5.41, 5.74) is 0.515. The van der Waals surface area contributed by atoms with Crippen LogP contribution in [-0.4, -0.2) is 27.9 Å². The number of carboxylic acid groups (broad SMARTS) is 1. The number of nitro groups is 1. The summed E-state index contributed by atoms with van der Waals surface area (Å²) >= 11 is 0. The molecular weight excluding hydrogens is 276 g/mol. The van der Waals surface area contributed by atoms with Crippen molar-refractivity contribution >= 4 is 17.6 Å². The van der Waals surface area contributed by atoms with Crippen LogP contribution in [0.25, 0.3) is 0 Å². The third-order valence-electron chi connectivity index (χ3n) is 3.63. The van der Waals surface area contributed by atoms with Gasteiger partial charge in [-0.3, -0.25) is 19.7 Å². The Balaban J connectivity index is 1.89. The van der Waals surface area contributed by atoms with Crippen LogP contribution in [0, 0.1) is 16.0 Å². The summed E-state index contributed by atoms with van der Waals surface area (Å²) in [5.74, 6) is -1.47. The topological polar surface area (TPSA) is 110 Å². The lowest BCUT2D eigenvalue weighted by Gasteiger charge is -2.12. The van der Waals surface area contributed by atoms with Crippen LogP contribution >= 0.6 is 0 Å². The van der Waals surface area contributed by atoms with E-state index in [1.807, 2.05) is 0 Å². The van der Waals surface area contributed by atoms with Crippen molar-refractivity contribution in [2.45, 2.75) is 31.7 Å². The van der Waals surface area contributed by atoms with Crippen molar-refractivity contribution in [2.75, 3.05) is 0 Å². The van der Waals surface area contributed by atoms with Crippen molar-refractivity contribution < 1.29 is 19.6 Å². The quantitative estimate of drug-likeness (QED) is 0.631. The number of carboxylic acids is 1. The van der Waals surface area contributed by atoms with Crippen LogP contribution in [0.1, 0.15) is 24.8 Å². The van der Waals surface area contributed by atoms with Crippen LogP contribution in [0.5, 0.6) is 0 Å². The molecule has 1 aliphatic carbocycles. The number of hydrogen-bond acceptors (Lipinski definition) is 4. The number of carbonyl (C=O) groups excluding carboxylic acids is 1. The number of amides is 1. The molecule has 2 atom stereocenters. The van der Waals surface area contributed by atoms with Gasteiger partial charge >= 0.3 is 5.97 Å². The number of rotatable bonds is 5. The first-order valence-corrected chi connectivity index (χ1v) is 6.71. The Kier molecular flexibility index (Phi) is 4.52. The highest BCUT2D eigenvalue weighted by molar-refractivity contribution is 5.79. The van der Waals surface area contributed by atoms with Gasteiger partial charge in [0.05, 0.1) is 17.3 Å². The molecule has 1 amide bonds. The highest BCUT2D eigenvalue weighted by Gasteiger charge is 2.30. The summed E-state index contributed by atoms with van der Waals surface area (Å²) in [4.78, 5) is 32.9. The van der Waals surface area contributed by atoms with Crippen molar-refractivity contribution in [3.8, 4) is 0 Å². The molecule has 1 aromatic rings. The van der Waals surface area contributed by atoms with Gasteiger partial charge in [-0.15, -0.1) is 0 Å². The monoisotopic (exact) mass is 292 g/mol. The van der Waals surface area contributed by atoms with Crippen molar-refractivity contribution in [3.05, 3.63) is 39.9 Å². The predicted molar refractivity (Wildman–Crippen MR) is 73.7 cm³/mol. The van der Waals surface area contributed by atoms with Crippen LogP contribution in [-0.2, 0) is 16.0 Å². The van der Waals surface area contributed by atoms with E-state index in [2.05, 4.69) is 5.32 Å². The molecule has 1 aliphatic rings. The average molecular weight is 292 g/mol. The molecule has 1 fully saturated rings. The van der Waals surface area contributed by atoms with E-state index in [4.69, 9.17) is 5.11 Å². The summed E-state index contributed by atoms with van der Waals surface area (Å²) in [5, 5.41) is 22.4. The van der Waals surface area contributed by atoms with Gasteiger partial charge in [0.25, 0.3) is 5.69 Å². The first-order chi connectivity index (χ1) is 9.95. The number of carbonyl (C=O) groups is 2. The number of nitro benzene ring substituents is 1. The Morgan fingerprint density at radius 1 is 1.38 bits per heavy atom. The van der Waals surface area contributed by atoms with E-state index in [1.165, 1.54) is 18.2 Å². The number of aliphatic carboxylic acids is 1. The lowest BCUT2D eigenvalue weighted by Crippen LogP contribution is -2.34. The third-order valence-corrected chi connectivity index (χ3v) is 3.63. The van der Waals surface area contributed by atoms with Crippen LogP contribution in [0.3, 0.4) is 0 Å². The number of nitrogens with zero attached hydrogens (tertiary/aromatic N) is 1. The van der Waals surface area contributed by atoms with Crippen LogP contribution < -0.4 is 5.32 Å². The zero-order chi connectivity index (χ0) is 15.4. The second-order valence-electron chi connectivity index (χ2n) is 5.22. The molecule has 1 aromatic carbocycles. The smallest absolute Gasteiger partial charge is 0.306 e. The molecule has 21 heavy (non-hydrogen) atoms. The maximum absolute atomic E-state index is 11.9. The lowest BCUT2D eigenvalue weighted by atomic mass is 10.1. The minimum Gasteiger partial charge on any atom is -0.481 e. The fraction of sp³-hybridized carbons (Fsp3) is 0.429. The van der Waals surface area contributed by atoms with Gasteiger partial charge in [-0.1, -0.05) is 12.1 Å². The molecule has 2 N–H and O–H groups in total. The van der Waals surface area contributed by atoms with Crippen molar-refractivity contribution in [3.63, 3.8) is 0 Å². The maximum Gasteiger partial charge on any atom is 0.306 e. The van der Waals surface area contributed by atoms with E-state index in [-0.39, 0.29) is 24.1 Å². The van der Waals surface area contributed by atoms with E-state index in [1.54, 1.807) is 6.07 Å². The van der Waals surface area contributed by atoms with Crippen LogP contribution in [0.4, 0.5) is 5.69 Å². The molecule has 0 heterocycles. The Morgan fingerprint density at radius 2 is 2.14 bits per heavy atom. The van der Waals surface area contributed by atoms with Gasteiger partial charge in [-0.25, -0.2) is 0 Å². The molecule has 0 spiro atoms. The number of non-ortho nitro benzene ring substituents is 1. The van der Waals surface area contributed by atoms with Crippen molar-refractivity contribution in [1.82, 2.24) is 5.32 Å². The van der Waals surface area contributed by atoms with Crippen LogP contribution in [0.15, 0.2) is 24.3 Å². The lowest BCUT2D eigenvalue weighted by molar-refractivity contribution is -0.384. The molecule has 7 nitrogen and oxygen atoms in total. The van der Waals surface area contributed by atoms with E-state index in [9.17, 15) is 19.7 Å². The fourth-order valence-corrected chi connectivity index (χ4v) is 2.58. The van der Waals surface area contributed by atoms with Gasteiger partial charge < -0.3 is 10.4 Å². The molecule has 112 valence electrons. The van der Waals surface area contributed by atoms with E-state index in [0.717, 1.165) is 0 Å². The summed E-state index contributed by atoms with van der Waals surface area (Å²) in [6, 6.07) is 5.81. The summed E-state index contributed by atoms with van der Waals surface area (Å²) < 4.78 is 0. The standard InChI is InChI=1S/C14H16N2O5/c17-13(15-11-5-4-10(8-11)14(18)19)7-9-2-1-3-12(6-9)16(20)21/h1-3,6,10-11H,4-5,7-8H2,(H,15,17)(H,18,19). The SMILES string of the molecule is O=C(Cc1cccc([N+](=O)[O-])c1)NC1CCC(C(=O)O)C1. The van der Waals surface area contributed by atoms with E-state index < -0.39 is 16.8 Å². The summed E-state index contributed by atoms with van der Waals surface area (Å²) in [7, 11) is 0. The first kappa shape index (κ1) is 15.0. The molecule has 7 heteroatoms. The normalized spacial score (nSPS) is 21.0. The number of nitrogens with one attached hydrogen (secondary N) is 1. The second kappa shape index (κ2) is 6.34. The van der Waals surface area contributed by atoms with Gasteiger partial charge in [0.1, 0.15) is 0 Å². The molecular formula is C14H16N2O5. The highest BCUT2D eigenvalue weighted by atomic mass is 16.6. The van der Waals surface area contributed by atoms with Crippen LogP contribution in [0.2, 0.25) is 0 Å². The Bertz CT molecular complexity index is 572. The van der Waals surface area contributed by atoms with Crippen molar-refractivity contribution in [2.24, 2.45) is 5.92 Å². The highest BCUT2D eigenvalue weighted by Crippen LogP contribution is 2.25. The molecule has 0 radical (unpaired) electrons. The molecule has 1 saturated carbocycles. The zero-order valence-corrected chi connectivity index (χ0v) is 11.3. The Morgan fingerprint density at radius 3 is 2.76 bits per heavy atom. The largest absolute Gasteiger partial charge is 0.481 e. The molecule has 2 unspecified atom stereocenters.